The van der Waals surface area contributed by atoms with Crippen molar-refractivity contribution in [2.45, 2.75) is 4.34 Å². The van der Waals surface area contributed by atoms with E-state index in [1.54, 1.807) is 41.4 Å². The van der Waals surface area contributed by atoms with Gasteiger partial charge in [-0.2, -0.15) is 0 Å². The second-order valence-corrected chi connectivity index (χ2v) is 7.00. The van der Waals surface area contributed by atoms with Gasteiger partial charge in [-0.3, -0.25) is 4.79 Å². The van der Waals surface area contributed by atoms with Gasteiger partial charge in [-0.05, 0) is 52.5 Å². The first kappa shape index (κ1) is 14.5. The van der Waals surface area contributed by atoms with E-state index in [0.717, 1.165) is 20.2 Å². The number of hydrogen-bond acceptors (Lipinski definition) is 5. The van der Waals surface area contributed by atoms with Gasteiger partial charge < -0.3 is 5.32 Å². The van der Waals surface area contributed by atoms with Gasteiger partial charge in [0.2, 0.25) is 0 Å². The van der Waals surface area contributed by atoms with E-state index < -0.39 is 0 Å². The molecule has 0 saturated carbocycles. The van der Waals surface area contributed by atoms with Crippen LogP contribution in [0.1, 0.15) is 10.4 Å². The van der Waals surface area contributed by atoms with E-state index in [4.69, 9.17) is 0 Å². The molecule has 0 radical (unpaired) electrons. The van der Waals surface area contributed by atoms with Crippen molar-refractivity contribution in [2.24, 2.45) is 0 Å². The van der Waals surface area contributed by atoms with E-state index in [0.29, 0.717) is 10.2 Å². The Balaban J connectivity index is 1.87. The van der Waals surface area contributed by atoms with Gasteiger partial charge in [0, 0.05) is 11.9 Å². The number of fused-ring (bicyclic) bond motifs is 1. The van der Waals surface area contributed by atoms with Crippen LogP contribution >= 0.6 is 39.0 Å². The fourth-order valence-corrected chi connectivity index (χ4v) is 3.78. The third kappa shape index (κ3) is 3.09. The predicted octanol–water partition coefficient (Wildman–Crippen LogP) is 4.43. The van der Waals surface area contributed by atoms with Crippen LogP contribution in [0, 0.1) is 0 Å². The number of benzene rings is 1. The fraction of sp³-hybridized carbons (Fsp3) is 0.0714. The van der Waals surface area contributed by atoms with Crippen LogP contribution in [-0.4, -0.2) is 22.1 Å². The van der Waals surface area contributed by atoms with Crippen LogP contribution in [0.2, 0.25) is 0 Å². The van der Waals surface area contributed by atoms with Crippen LogP contribution in [-0.2, 0) is 0 Å². The van der Waals surface area contributed by atoms with Crippen LogP contribution in [0.15, 0.2) is 45.5 Å². The van der Waals surface area contributed by atoms with Gasteiger partial charge in [-0.25, -0.2) is 9.97 Å². The summed E-state index contributed by atoms with van der Waals surface area (Å²) in [6.45, 7) is 0. The van der Waals surface area contributed by atoms with E-state index in [2.05, 4.69) is 31.2 Å². The van der Waals surface area contributed by atoms with Gasteiger partial charge in [-0.1, -0.05) is 11.8 Å². The quantitative estimate of drug-likeness (QED) is 0.540. The summed E-state index contributed by atoms with van der Waals surface area (Å²) in [5, 5.41) is 2.88. The molecule has 0 unspecified atom stereocenters. The minimum atomic E-state index is -0.191. The van der Waals surface area contributed by atoms with Gasteiger partial charge >= 0.3 is 0 Å². The zero-order valence-electron chi connectivity index (χ0n) is 11.0. The first-order valence-electron chi connectivity index (χ1n) is 6.04. The third-order valence-electron chi connectivity index (χ3n) is 2.81. The number of rotatable bonds is 3. The Morgan fingerprint density at radius 1 is 1.38 bits per heavy atom. The number of halogens is 1. The zero-order chi connectivity index (χ0) is 14.8. The normalized spacial score (nSPS) is 10.8. The Kier molecular flexibility index (Phi) is 4.23. The summed E-state index contributed by atoms with van der Waals surface area (Å²) in [5.74, 6) is -0.191. The minimum Gasteiger partial charge on any atom is -0.322 e. The summed E-state index contributed by atoms with van der Waals surface area (Å²) < 4.78 is 2.61. The summed E-state index contributed by atoms with van der Waals surface area (Å²) in [4.78, 5) is 20.8. The number of anilines is 1. The number of carbonyl (C=O) groups is 1. The molecule has 3 aromatic rings. The Hall–Kier alpha value is -1.44. The molecule has 4 nitrogen and oxygen atoms in total. The number of thiazole rings is 1. The van der Waals surface area contributed by atoms with Crippen LogP contribution < -0.4 is 5.32 Å². The molecule has 1 aromatic carbocycles. The number of aromatic nitrogens is 2. The lowest BCUT2D eigenvalue weighted by Gasteiger charge is -2.06. The molecule has 3 rings (SSSR count). The SMILES string of the molecule is CSc1nc2ccc(NC(=O)c3cccnc3Br)cc2s1. The van der Waals surface area contributed by atoms with Crippen molar-refractivity contribution in [3.63, 3.8) is 0 Å². The highest BCUT2D eigenvalue weighted by molar-refractivity contribution is 9.10. The lowest BCUT2D eigenvalue weighted by molar-refractivity contribution is 0.102. The molecule has 2 heterocycles. The van der Waals surface area contributed by atoms with Crippen molar-refractivity contribution in [1.82, 2.24) is 9.97 Å². The maximum absolute atomic E-state index is 12.2. The molecule has 1 amide bonds. The van der Waals surface area contributed by atoms with Crippen molar-refractivity contribution >= 4 is 60.8 Å². The Labute approximate surface area is 138 Å². The second-order valence-electron chi connectivity index (χ2n) is 4.16. The van der Waals surface area contributed by atoms with Gasteiger partial charge in [0.1, 0.15) is 4.60 Å². The summed E-state index contributed by atoms with van der Waals surface area (Å²) in [5.41, 5.74) is 2.20. The van der Waals surface area contributed by atoms with Crippen molar-refractivity contribution < 1.29 is 4.79 Å². The highest BCUT2D eigenvalue weighted by Gasteiger charge is 2.11. The van der Waals surface area contributed by atoms with Gasteiger partial charge in [0.05, 0.1) is 15.8 Å². The third-order valence-corrected chi connectivity index (χ3v) is 5.44. The predicted molar refractivity (Wildman–Crippen MR) is 91.3 cm³/mol. The van der Waals surface area contributed by atoms with E-state index in [-0.39, 0.29) is 5.91 Å². The number of amides is 1. The number of thioether (sulfide) groups is 1. The molecular weight excluding hydrogens is 370 g/mol. The Morgan fingerprint density at radius 3 is 3.00 bits per heavy atom. The molecule has 0 atom stereocenters. The van der Waals surface area contributed by atoms with Crippen molar-refractivity contribution in [2.75, 3.05) is 11.6 Å². The van der Waals surface area contributed by atoms with Crippen LogP contribution in [0.4, 0.5) is 5.69 Å². The molecule has 7 heteroatoms. The average molecular weight is 380 g/mol. The first-order chi connectivity index (χ1) is 10.2. The largest absolute Gasteiger partial charge is 0.322 e. The number of nitrogens with one attached hydrogen (secondary N) is 1. The maximum Gasteiger partial charge on any atom is 0.258 e. The molecule has 21 heavy (non-hydrogen) atoms. The maximum atomic E-state index is 12.2. The average Bonchev–Trinajstić information content (AvgIpc) is 2.90. The monoisotopic (exact) mass is 379 g/mol. The molecule has 0 aliphatic carbocycles. The number of hydrogen-bond donors (Lipinski definition) is 1. The number of carbonyl (C=O) groups excluding carboxylic acids is 1. The summed E-state index contributed by atoms with van der Waals surface area (Å²) in [6, 6.07) is 9.17. The van der Waals surface area contributed by atoms with Gasteiger partial charge in [0.25, 0.3) is 5.91 Å². The Morgan fingerprint density at radius 2 is 2.24 bits per heavy atom. The second kappa shape index (κ2) is 6.13. The minimum absolute atomic E-state index is 0.191. The number of nitrogens with zero attached hydrogens (tertiary/aromatic N) is 2. The Bertz CT molecular complexity index is 819. The van der Waals surface area contributed by atoms with Crippen molar-refractivity contribution in [3.05, 3.63) is 46.7 Å². The molecular formula is C14H10BrN3OS2. The van der Waals surface area contributed by atoms with Crippen molar-refractivity contribution in [3.8, 4) is 0 Å². The highest BCUT2D eigenvalue weighted by Crippen LogP contribution is 2.30. The zero-order valence-corrected chi connectivity index (χ0v) is 14.2. The standard InChI is InChI=1S/C14H10BrN3OS2/c1-20-14-18-10-5-4-8(7-11(10)21-14)17-13(19)9-3-2-6-16-12(9)15/h2-7H,1H3,(H,17,19). The summed E-state index contributed by atoms with van der Waals surface area (Å²) in [6.07, 6.45) is 3.63. The molecule has 0 aliphatic heterocycles. The molecule has 0 aliphatic rings. The van der Waals surface area contributed by atoms with E-state index in [1.807, 2.05) is 24.5 Å². The molecule has 2 aromatic heterocycles. The lowest BCUT2D eigenvalue weighted by Crippen LogP contribution is -2.12. The van der Waals surface area contributed by atoms with E-state index >= 15 is 0 Å². The molecule has 0 saturated heterocycles. The topological polar surface area (TPSA) is 54.9 Å². The van der Waals surface area contributed by atoms with E-state index in [9.17, 15) is 4.79 Å². The van der Waals surface area contributed by atoms with Gasteiger partial charge in [-0.15, -0.1) is 11.3 Å². The van der Waals surface area contributed by atoms with Crippen LogP contribution in [0.3, 0.4) is 0 Å². The highest BCUT2D eigenvalue weighted by atomic mass is 79.9. The molecule has 0 spiro atoms. The van der Waals surface area contributed by atoms with Crippen LogP contribution in [0.5, 0.6) is 0 Å². The smallest absolute Gasteiger partial charge is 0.258 e. The summed E-state index contributed by atoms with van der Waals surface area (Å²) in [7, 11) is 0. The molecule has 106 valence electrons. The lowest BCUT2D eigenvalue weighted by atomic mass is 10.2. The summed E-state index contributed by atoms with van der Waals surface area (Å²) >= 11 is 6.52. The molecule has 0 fully saturated rings. The first-order valence-corrected chi connectivity index (χ1v) is 8.87. The number of pyridine rings is 1. The van der Waals surface area contributed by atoms with Crippen molar-refractivity contribution in [1.29, 1.82) is 0 Å². The molecule has 0 bridgehead atoms. The fourth-order valence-electron chi connectivity index (χ4n) is 1.82. The van der Waals surface area contributed by atoms with E-state index in [1.165, 1.54) is 0 Å². The van der Waals surface area contributed by atoms with Gasteiger partial charge in [0.15, 0.2) is 4.34 Å². The van der Waals surface area contributed by atoms with Crippen LogP contribution in [0.25, 0.3) is 10.2 Å². The molecule has 1 N–H and O–H groups in total.